The Bertz CT molecular complexity index is 386. The van der Waals surface area contributed by atoms with Crippen molar-refractivity contribution in [3.05, 3.63) is 35.9 Å². The van der Waals surface area contributed by atoms with Crippen LogP contribution in [0.4, 0.5) is 0 Å². The molecule has 1 aromatic carbocycles. The molecule has 2 heteroatoms. The third kappa shape index (κ3) is 2.70. The zero-order valence-corrected chi connectivity index (χ0v) is 12.0. The van der Waals surface area contributed by atoms with E-state index in [2.05, 4.69) is 47.5 Å². The summed E-state index contributed by atoms with van der Waals surface area (Å²) in [6.07, 6.45) is 5.55. The van der Waals surface area contributed by atoms with E-state index in [1.165, 1.54) is 45.3 Å². The van der Waals surface area contributed by atoms with Gasteiger partial charge in [-0.3, -0.25) is 4.90 Å². The van der Waals surface area contributed by atoms with Gasteiger partial charge in [-0.25, -0.2) is 0 Å². The molecule has 1 aliphatic heterocycles. The molecule has 2 aliphatic rings. The Morgan fingerprint density at radius 2 is 1.84 bits per heavy atom. The van der Waals surface area contributed by atoms with Gasteiger partial charge in [0.2, 0.25) is 0 Å². The molecule has 19 heavy (non-hydrogen) atoms. The predicted octanol–water partition coefficient (Wildman–Crippen LogP) is 3.01. The van der Waals surface area contributed by atoms with Crippen molar-refractivity contribution in [2.75, 3.05) is 19.6 Å². The van der Waals surface area contributed by atoms with Gasteiger partial charge in [-0.1, -0.05) is 50.1 Å². The van der Waals surface area contributed by atoms with Crippen LogP contribution in [0.15, 0.2) is 30.3 Å². The van der Waals surface area contributed by atoms with Gasteiger partial charge < -0.3 is 5.32 Å². The molecule has 2 unspecified atom stereocenters. The van der Waals surface area contributed by atoms with E-state index in [0.29, 0.717) is 0 Å². The second-order valence-corrected chi connectivity index (χ2v) is 6.01. The molecular weight excluding hydrogens is 232 g/mol. The third-order valence-corrected chi connectivity index (χ3v) is 4.98. The van der Waals surface area contributed by atoms with Crippen LogP contribution in [0, 0.1) is 0 Å². The molecule has 3 rings (SSSR count). The second-order valence-electron chi connectivity index (χ2n) is 6.01. The number of hydrogen-bond donors (Lipinski definition) is 1. The molecule has 0 radical (unpaired) electrons. The Labute approximate surface area is 117 Å². The fraction of sp³-hybridized carbons (Fsp3) is 0.647. The monoisotopic (exact) mass is 258 g/mol. The number of hydrogen-bond acceptors (Lipinski definition) is 2. The standard InChI is InChI=1S/C17H26N2/c1-2-19(15-12-18-13-15)17-11-7-6-10-16(17)14-8-4-3-5-9-14/h3-5,8-9,15-18H,2,6-7,10-13H2,1H3. The molecule has 1 aromatic rings. The largest absolute Gasteiger partial charge is 0.314 e. The van der Waals surface area contributed by atoms with Gasteiger partial charge in [-0.15, -0.1) is 0 Å². The van der Waals surface area contributed by atoms with Crippen molar-refractivity contribution >= 4 is 0 Å². The van der Waals surface area contributed by atoms with E-state index in [1.54, 1.807) is 5.56 Å². The highest BCUT2D eigenvalue weighted by Crippen LogP contribution is 2.37. The van der Waals surface area contributed by atoms with Crippen LogP contribution in [-0.4, -0.2) is 36.6 Å². The van der Waals surface area contributed by atoms with Crippen LogP contribution in [0.1, 0.15) is 44.1 Å². The fourth-order valence-electron chi connectivity index (χ4n) is 3.87. The van der Waals surface area contributed by atoms with Crippen LogP contribution in [0.3, 0.4) is 0 Å². The molecule has 2 nitrogen and oxygen atoms in total. The van der Waals surface area contributed by atoms with Crippen molar-refractivity contribution in [1.29, 1.82) is 0 Å². The molecule has 2 atom stereocenters. The first-order chi connectivity index (χ1) is 9.40. The minimum absolute atomic E-state index is 0.746. The van der Waals surface area contributed by atoms with Crippen molar-refractivity contribution in [1.82, 2.24) is 10.2 Å². The van der Waals surface area contributed by atoms with Gasteiger partial charge in [0.15, 0.2) is 0 Å². The first kappa shape index (κ1) is 13.1. The summed E-state index contributed by atoms with van der Waals surface area (Å²) < 4.78 is 0. The zero-order valence-electron chi connectivity index (χ0n) is 12.0. The molecule has 1 saturated carbocycles. The van der Waals surface area contributed by atoms with Gasteiger partial charge in [0, 0.05) is 25.2 Å². The van der Waals surface area contributed by atoms with Crippen molar-refractivity contribution in [3.8, 4) is 0 Å². The van der Waals surface area contributed by atoms with Crippen LogP contribution >= 0.6 is 0 Å². The third-order valence-electron chi connectivity index (χ3n) is 4.98. The van der Waals surface area contributed by atoms with E-state index < -0.39 is 0 Å². The molecule has 1 N–H and O–H groups in total. The summed E-state index contributed by atoms with van der Waals surface area (Å²) in [4.78, 5) is 2.77. The number of likely N-dealkylation sites (N-methyl/N-ethyl adjacent to an activating group) is 1. The molecule has 104 valence electrons. The van der Waals surface area contributed by atoms with Crippen molar-refractivity contribution in [2.24, 2.45) is 0 Å². The van der Waals surface area contributed by atoms with Crippen molar-refractivity contribution < 1.29 is 0 Å². The highest BCUT2D eigenvalue weighted by Gasteiger charge is 2.35. The molecule has 1 saturated heterocycles. The van der Waals surface area contributed by atoms with Crippen LogP contribution in [-0.2, 0) is 0 Å². The van der Waals surface area contributed by atoms with Crippen molar-refractivity contribution in [2.45, 2.75) is 50.6 Å². The summed E-state index contributed by atoms with van der Waals surface area (Å²) in [5.74, 6) is 0.746. The molecule has 0 spiro atoms. The Morgan fingerprint density at radius 1 is 1.11 bits per heavy atom. The number of nitrogens with one attached hydrogen (secondary N) is 1. The SMILES string of the molecule is CCN(C1CNC1)C1CCCCC1c1ccccc1. The van der Waals surface area contributed by atoms with Gasteiger partial charge >= 0.3 is 0 Å². The molecule has 0 aromatic heterocycles. The normalized spacial score (nSPS) is 28.3. The van der Waals surface area contributed by atoms with Crippen molar-refractivity contribution in [3.63, 3.8) is 0 Å². The Balaban J connectivity index is 1.80. The van der Waals surface area contributed by atoms with E-state index in [0.717, 1.165) is 18.0 Å². The minimum Gasteiger partial charge on any atom is -0.314 e. The first-order valence-corrected chi connectivity index (χ1v) is 7.91. The topological polar surface area (TPSA) is 15.3 Å². The lowest BCUT2D eigenvalue weighted by Crippen LogP contribution is -2.61. The fourth-order valence-corrected chi connectivity index (χ4v) is 3.87. The summed E-state index contributed by atoms with van der Waals surface area (Å²) in [6.45, 7) is 5.90. The zero-order chi connectivity index (χ0) is 13.1. The highest BCUT2D eigenvalue weighted by atomic mass is 15.3. The van der Waals surface area contributed by atoms with Crippen LogP contribution < -0.4 is 5.32 Å². The molecule has 1 heterocycles. The predicted molar refractivity (Wildman–Crippen MR) is 80.5 cm³/mol. The number of nitrogens with zero attached hydrogens (tertiary/aromatic N) is 1. The average Bonchev–Trinajstić information content (AvgIpc) is 2.43. The quantitative estimate of drug-likeness (QED) is 0.893. The molecular formula is C17H26N2. The Morgan fingerprint density at radius 3 is 2.47 bits per heavy atom. The van der Waals surface area contributed by atoms with E-state index in [4.69, 9.17) is 0 Å². The summed E-state index contributed by atoms with van der Waals surface area (Å²) in [7, 11) is 0. The summed E-state index contributed by atoms with van der Waals surface area (Å²) in [5, 5.41) is 3.43. The van der Waals surface area contributed by atoms with E-state index in [9.17, 15) is 0 Å². The molecule has 0 bridgehead atoms. The maximum Gasteiger partial charge on any atom is 0.0348 e. The molecule has 2 fully saturated rings. The lowest BCUT2D eigenvalue weighted by atomic mass is 9.78. The number of benzene rings is 1. The minimum atomic E-state index is 0.746. The highest BCUT2D eigenvalue weighted by molar-refractivity contribution is 5.22. The first-order valence-electron chi connectivity index (χ1n) is 7.91. The van der Waals surface area contributed by atoms with E-state index >= 15 is 0 Å². The lowest BCUT2D eigenvalue weighted by molar-refractivity contribution is 0.0661. The maximum atomic E-state index is 3.43. The molecule has 0 amide bonds. The lowest BCUT2D eigenvalue weighted by Gasteiger charge is -2.47. The van der Waals surface area contributed by atoms with E-state index in [1.807, 2.05) is 0 Å². The Kier molecular flexibility index (Phi) is 4.19. The summed E-state index contributed by atoms with van der Waals surface area (Å²) >= 11 is 0. The van der Waals surface area contributed by atoms with E-state index in [-0.39, 0.29) is 0 Å². The van der Waals surface area contributed by atoms with Crippen LogP contribution in [0.2, 0.25) is 0 Å². The van der Waals surface area contributed by atoms with Gasteiger partial charge in [-0.2, -0.15) is 0 Å². The summed E-state index contributed by atoms with van der Waals surface area (Å²) in [6, 6.07) is 12.7. The maximum absolute atomic E-state index is 3.43. The van der Waals surface area contributed by atoms with Crippen LogP contribution in [0.5, 0.6) is 0 Å². The van der Waals surface area contributed by atoms with Gasteiger partial charge in [0.1, 0.15) is 0 Å². The number of rotatable bonds is 4. The van der Waals surface area contributed by atoms with Crippen LogP contribution in [0.25, 0.3) is 0 Å². The van der Waals surface area contributed by atoms with Gasteiger partial charge in [-0.05, 0) is 30.9 Å². The summed E-state index contributed by atoms with van der Waals surface area (Å²) in [5.41, 5.74) is 1.55. The molecule has 1 aliphatic carbocycles. The van der Waals surface area contributed by atoms with Gasteiger partial charge in [0.05, 0.1) is 0 Å². The Hall–Kier alpha value is -0.860. The smallest absolute Gasteiger partial charge is 0.0348 e. The second kappa shape index (κ2) is 6.06. The van der Waals surface area contributed by atoms with Gasteiger partial charge in [0.25, 0.3) is 0 Å². The average molecular weight is 258 g/mol.